The Morgan fingerprint density at radius 3 is 2.50 bits per heavy atom. The number of halogens is 2. The van der Waals surface area contributed by atoms with Crippen molar-refractivity contribution in [1.82, 2.24) is 0 Å². The third-order valence-electron chi connectivity index (χ3n) is 2.38. The SMILES string of the molecule is N#Cc1ccc(Cl)c(Nc2ccc(Cl)cc2N)c1. The molecule has 0 fully saturated rings. The first-order chi connectivity index (χ1) is 8.60. The van der Waals surface area contributed by atoms with Crippen molar-refractivity contribution < 1.29 is 0 Å². The number of benzene rings is 2. The molecule has 0 radical (unpaired) electrons. The Kier molecular flexibility index (Phi) is 3.61. The van der Waals surface area contributed by atoms with Gasteiger partial charge in [0.25, 0.3) is 0 Å². The number of anilines is 3. The van der Waals surface area contributed by atoms with Gasteiger partial charge in [0.05, 0.1) is 33.7 Å². The van der Waals surface area contributed by atoms with Crippen molar-refractivity contribution in [3.8, 4) is 6.07 Å². The lowest BCUT2D eigenvalue weighted by Crippen LogP contribution is -1.97. The highest BCUT2D eigenvalue weighted by Crippen LogP contribution is 2.30. The first kappa shape index (κ1) is 12.6. The summed E-state index contributed by atoms with van der Waals surface area (Å²) in [5, 5.41) is 13.0. The molecule has 0 atom stereocenters. The maximum absolute atomic E-state index is 8.85. The summed E-state index contributed by atoms with van der Waals surface area (Å²) < 4.78 is 0. The Morgan fingerprint density at radius 2 is 1.83 bits per heavy atom. The quantitative estimate of drug-likeness (QED) is 0.809. The van der Waals surface area contributed by atoms with Gasteiger partial charge in [-0.1, -0.05) is 23.2 Å². The third-order valence-corrected chi connectivity index (χ3v) is 2.94. The van der Waals surface area contributed by atoms with E-state index in [9.17, 15) is 0 Å². The van der Waals surface area contributed by atoms with E-state index in [-0.39, 0.29) is 0 Å². The Morgan fingerprint density at radius 1 is 1.06 bits per heavy atom. The van der Waals surface area contributed by atoms with E-state index in [1.165, 1.54) is 0 Å². The minimum atomic E-state index is 0.515. The molecule has 3 N–H and O–H groups in total. The summed E-state index contributed by atoms with van der Waals surface area (Å²) in [5.41, 5.74) is 8.19. The molecule has 0 aliphatic carbocycles. The average Bonchev–Trinajstić information content (AvgIpc) is 2.35. The number of rotatable bonds is 2. The number of nitrogens with zero attached hydrogens (tertiary/aromatic N) is 1. The van der Waals surface area contributed by atoms with Crippen molar-refractivity contribution in [2.24, 2.45) is 0 Å². The Bertz CT molecular complexity index is 633. The monoisotopic (exact) mass is 277 g/mol. The molecule has 0 saturated carbocycles. The molecule has 0 amide bonds. The predicted octanol–water partition coefficient (Wildman–Crippen LogP) is 4.19. The van der Waals surface area contributed by atoms with Gasteiger partial charge in [-0.05, 0) is 36.4 Å². The summed E-state index contributed by atoms with van der Waals surface area (Å²) in [7, 11) is 0. The van der Waals surface area contributed by atoms with E-state index in [1.807, 2.05) is 0 Å². The molecule has 0 aliphatic heterocycles. The lowest BCUT2D eigenvalue weighted by atomic mass is 10.2. The average molecular weight is 278 g/mol. The van der Waals surface area contributed by atoms with Crippen LogP contribution >= 0.6 is 23.2 Å². The Labute approximate surface area is 115 Å². The van der Waals surface area contributed by atoms with Gasteiger partial charge in [-0.3, -0.25) is 0 Å². The summed E-state index contributed by atoms with van der Waals surface area (Å²) in [5.74, 6) is 0. The molecule has 5 heteroatoms. The van der Waals surface area contributed by atoms with Gasteiger partial charge in [-0.25, -0.2) is 0 Å². The van der Waals surface area contributed by atoms with Crippen LogP contribution in [-0.2, 0) is 0 Å². The summed E-state index contributed by atoms with van der Waals surface area (Å²) in [6.45, 7) is 0. The summed E-state index contributed by atoms with van der Waals surface area (Å²) in [4.78, 5) is 0. The molecule has 18 heavy (non-hydrogen) atoms. The van der Waals surface area contributed by atoms with E-state index in [0.29, 0.717) is 32.7 Å². The predicted molar refractivity (Wildman–Crippen MR) is 75.3 cm³/mol. The second-order valence-corrected chi connectivity index (χ2v) is 4.51. The smallest absolute Gasteiger partial charge is 0.0992 e. The fourth-order valence-corrected chi connectivity index (χ4v) is 1.83. The van der Waals surface area contributed by atoms with Crippen LogP contribution in [0.5, 0.6) is 0 Å². The lowest BCUT2D eigenvalue weighted by molar-refractivity contribution is 1.47. The van der Waals surface area contributed by atoms with E-state index in [1.54, 1.807) is 36.4 Å². The zero-order valence-electron chi connectivity index (χ0n) is 9.24. The van der Waals surface area contributed by atoms with Crippen LogP contribution in [0.1, 0.15) is 5.56 Å². The van der Waals surface area contributed by atoms with Gasteiger partial charge in [0.15, 0.2) is 0 Å². The Balaban J connectivity index is 2.37. The van der Waals surface area contributed by atoms with Crippen LogP contribution in [0.4, 0.5) is 17.1 Å². The van der Waals surface area contributed by atoms with E-state index >= 15 is 0 Å². The van der Waals surface area contributed by atoms with Gasteiger partial charge in [-0.15, -0.1) is 0 Å². The van der Waals surface area contributed by atoms with Gasteiger partial charge >= 0.3 is 0 Å². The van der Waals surface area contributed by atoms with Crippen LogP contribution in [-0.4, -0.2) is 0 Å². The minimum absolute atomic E-state index is 0.515. The molecule has 0 bridgehead atoms. The number of nitrogens with two attached hydrogens (primary N) is 1. The van der Waals surface area contributed by atoms with Crippen LogP contribution in [0.25, 0.3) is 0 Å². The second-order valence-electron chi connectivity index (χ2n) is 3.66. The Hall–Kier alpha value is -1.89. The highest BCUT2D eigenvalue weighted by Gasteiger charge is 2.05. The lowest BCUT2D eigenvalue weighted by Gasteiger charge is -2.11. The van der Waals surface area contributed by atoms with E-state index in [4.69, 9.17) is 34.2 Å². The van der Waals surface area contributed by atoms with Crippen LogP contribution in [0, 0.1) is 11.3 Å². The van der Waals surface area contributed by atoms with Crippen molar-refractivity contribution in [2.75, 3.05) is 11.1 Å². The normalized spacial score (nSPS) is 9.83. The largest absolute Gasteiger partial charge is 0.397 e. The van der Waals surface area contributed by atoms with Crippen molar-refractivity contribution in [2.45, 2.75) is 0 Å². The summed E-state index contributed by atoms with van der Waals surface area (Å²) in [6, 6.07) is 12.2. The van der Waals surface area contributed by atoms with Crippen LogP contribution in [0.15, 0.2) is 36.4 Å². The molecule has 0 spiro atoms. The van der Waals surface area contributed by atoms with Gasteiger partial charge in [-0.2, -0.15) is 5.26 Å². The summed E-state index contributed by atoms with van der Waals surface area (Å²) in [6.07, 6.45) is 0. The topological polar surface area (TPSA) is 61.8 Å². The zero-order chi connectivity index (χ0) is 13.1. The van der Waals surface area contributed by atoms with E-state index < -0.39 is 0 Å². The number of nitrogen functional groups attached to an aromatic ring is 1. The second kappa shape index (κ2) is 5.18. The highest BCUT2D eigenvalue weighted by molar-refractivity contribution is 6.33. The molecule has 2 aromatic carbocycles. The third kappa shape index (κ3) is 2.67. The van der Waals surface area contributed by atoms with Gasteiger partial charge in [0.2, 0.25) is 0 Å². The van der Waals surface area contributed by atoms with Crippen molar-refractivity contribution >= 4 is 40.3 Å². The molecule has 0 unspecified atom stereocenters. The van der Waals surface area contributed by atoms with Gasteiger partial charge in [0, 0.05) is 5.02 Å². The molecule has 0 aliphatic rings. The number of nitrogens with one attached hydrogen (secondary N) is 1. The molecule has 0 saturated heterocycles. The molecule has 90 valence electrons. The van der Waals surface area contributed by atoms with E-state index in [0.717, 1.165) is 0 Å². The molecule has 2 aromatic rings. The molecular weight excluding hydrogens is 269 g/mol. The minimum Gasteiger partial charge on any atom is -0.397 e. The van der Waals surface area contributed by atoms with Crippen LogP contribution in [0.2, 0.25) is 10.0 Å². The molecule has 3 nitrogen and oxygen atoms in total. The fourth-order valence-electron chi connectivity index (χ4n) is 1.48. The van der Waals surface area contributed by atoms with Crippen LogP contribution in [0.3, 0.4) is 0 Å². The van der Waals surface area contributed by atoms with Crippen molar-refractivity contribution in [3.63, 3.8) is 0 Å². The van der Waals surface area contributed by atoms with E-state index in [2.05, 4.69) is 11.4 Å². The van der Waals surface area contributed by atoms with Gasteiger partial charge in [0.1, 0.15) is 0 Å². The first-order valence-corrected chi connectivity index (χ1v) is 5.87. The standard InChI is InChI=1S/C13H9Cl2N3/c14-9-2-4-12(11(17)6-9)18-13-5-8(7-16)1-3-10(13)15/h1-6,18H,17H2. The van der Waals surface area contributed by atoms with Crippen LogP contribution < -0.4 is 11.1 Å². The first-order valence-electron chi connectivity index (χ1n) is 5.12. The zero-order valence-corrected chi connectivity index (χ0v) is 10.8. The van der Waals surface area contributed by atoms with Crippen molar-refractivity contribution in [3.05, 3.63) is 52.0 Å². The molecular formula is C13H9Cl2N3. The number of nitriles is 1. The molecule has 2 rings (SSSR count). The van der Waals surface area contributed by atoms with Gasteiger partial charge < -0.3 is 11.1 Å². The summed E-state index contributed by atoms with van der Waals surface area (Å²) >= 11 is 11.9. The number of hydrogen-bond acceptors (Lipinski definition) is 3. The fraction of sp³-hybridized carbons (Fsp3) is 0. The highest BCUT2D eigenvalue weighted by atomic mass is 35.5. The molecule has 0 aromatic heterocycles. The maximum Gasteiger partial charge on any atom is 0.0992 e. The number of hydrogen-bond donors (Lipinski definition) is 2. The maximum atomic E-state index is 8.85. The van der Waals surface area contributed by atoms with Crippen molar-refractivity contribution in [1.29, 1.82) is 5.26 Å². The molecule has 0 heterocycles.